The second-order valence-corrected chi connectivity index (χ2v) is 8.41. The van der Waals surface area contributed by atoms with E-state index in [1.807, 2.05) is 13.0 Å². The molecule has 2 aliphatic rings. The zero-order chi connectivity index (χ0) is 15.9. The van der Waals surface area contributed by atoms with Crippen LogP contribution in [0, 0.1) is 6.92 Å². The van der Waals surface area contributed by atoms with Gasteiger partial charge in [0.15, 0.2) is 9.84 Å². The molecule has 1 unspecified atom stereocenters. The average Bonchev–Trinajstić information content (AvgIpc) is 3.23. The highest BCUT2D eigenvalue weighted by Crippen LogP contribution is 2.34. The quantitative estimate of drug-likeness (QED) is 0.847. The molecule has 1 atom stereocenters. The normalized spacial score (nSPS) is 23.3. The molecule has 0 radical (unpaired) electrons. The van der Waals surface area contributed by atoms with Crippen molar-refractivity contribution >= 4 is 15.7 Å². The Kier molecular flexibility index (Phi) is 3.89. The van der Waals surface area contributed by atoms with Crippen molar-refractivity contribution < 1.29 is 17.9 Å². The molecule has 3 rings (SSSR count). The van der Waals surface area contributed by atoms with Crippen LogP contribution in [0.25, 0.3) is 0 Å². The first-order valence-corrected chi connectivity index (χ1v) is 9.41. The van der Waals surface area contributed by atoms with E-state index in [2.05, 4.69) is 0 Å². The Bertz CT molecular complexity index is 694. The Hall–Kier alpha value is -1.56. The molecule has 1 aliphatic carbocycles. The van der Waals surface area contributed by atoms with Crippen molar-refractivity contribution in [3.63, 3.8) is 0 Å². The summed E-state index contributed by atoms with van der Waals surface area (Å²) in [5.74, 6) is 0.882. The fourth-order valence-electron chi connectivity index (χ4n) is 3.08. The van der Waals surface area contributed by atoms with Gasteiger partial charge < -0.3 is 9.64 Å². The second kappa shape index (κ2) is 5.57. The van der Waals surface area contributed by atoms with Gasteiger partial charge in [0, 0.05) is 17.6 Å². The number of carbonyl (C=O) groups excluding carboxylic acids is 1. The highest BCUT2D eigenvalue weighted by Gasteiger charge is 2.42. The third-order valence-corrected chi connectivity index (χ3v) is 6.18. The van der Waals surface area contributed by atoms with Crippen LogP contribution in [-0.4, -0.2) is 49.9 Å². The van der Waals surface area contributed by atoms with Crippen LogP contribution in [0.2, 0.25) is 0 Å². The Labute approximate surface area is 131 Å². The molecule has 1 aliphatic heterocycles. The van der Waals surface area contributed by atoms with E-state index in [1.54, 1.807) is 24.1 Å². The summed E-state index contributed by atoms with van der Waals surface area (Å²) in [6.45, 7) is 1.93. The number of nitrogens with zero attached hydrogens (tertiary/aromatic N) is 1. The number of amides is 1. The summed E-state index contributed by atoms with van der Waals surface area (Å²) in [6, 6.07) is 5.41. The Morgan fingerprint density at radius 1 is 1.23 bits per heavy atom. The molecule has 0 aromatic heterocycles. The van der Waals surface area contributed by atoms with E-state index in [0.717, 1.165) is 18.4 Å². The minimum atomic E-state index is -3.00. The van der Waals surface area contributed by atoms with Gasteiger partial charge in [-0.25, -0.2) is 8.42 Å². The summed E-state index contributed by atoms with van der Waals surface area (Å²) in [7, 11) is -1.42. The summed E-state index contributed by atoms with van der Waals surface area (Å²) >= 11 is 0. The fraction of sp³-hybridized carbons (Fsp3) is 0.562. The van der Waals surface area contributed by atoms with E-state index in [0.29, 0.717) is 17.7 Å². The van der Waals surface area contributed by atoms with Crippen molar-refractivity contribution in [2.24, 2.45) is 0 Å². The number of methoxy groups -OCH3 is 1. The lowest BCUT2D eigenvalue weighted by Crippen LogP contribution is -2.42. The lowest BCUT2D eigenvalue weighted by atomic mass is 10.1. The SMILES string of the molecule is COc1cc(C(=O)N(C2CC2)C2CCS(=O)(=O)C2)ccc1C. The molecule has 0 spiro atoms. The predicted molar refractivity (Wildman–Crippen MR) is 84.0 cm³/mol. The molecule has 1 aromatic rings. The molecular weight excluding hydrogens is 302 g/mol. The van der Waals surface area contributed by atoms with Crippen molar-refractivity contribution in [3.05, 3.63) is 29.3 Å². The van der Waals surface area contributed by atoms with Gasteiger partial charge in [0.25, 0.3) is 5.91 Å². The maximum Gasteiger partial charge on any atom is 0.254 e. The molecular formula is C16H21NO4S. The largest absolute Gasteiger partial charge is 0.496 e. The number of rotatable bonds is 4. The molecule has 1 heterocycles. The minimum Gasteiger partial charge on any atom is -0.496 e. The van der Waals surface area contributed by atoms with E-state index < -0.39 is 9.84 Å². The van der Waals surface area contributed by atoms with E-state index >= 15 is 0 Å². The first-order valence-electron chi connectivity index (χ1n) is 7.59. The number of aryl methyl sites for hydroxylation is 1. The van der Waals surface area contributed by atoms with Crippen LogP contribution in [0.3, 0.4) is 0 Å². The first kappa shape index (κ1) is 15.3. The highest BCUT2D eigenvalue weighted by atomic mass is 32.2. The van der Waals surface area contributed by atoms with Gasteiger partial charge >= 0.3 is 0 Å². The van der Waals surface area contributed by atoms with Gasteiger partial charge in [0.2, 0.25) is 0 Å². The molecule has 1 saturated carbocycles. The maximum atomic E-state index is 12.9. The van der Waals surface area contributed by atoms with Gasteiger partial charge in [-0.1, -0.05) is 6.07 Å². The van der Waals surface area contributed by atoms with Crippen molar-refractivity contribution in [2.45, 2.75) is 38.3 Å². The second-order valence-electron chi connectivity index (χ2n) is 6.18. The maximum absolute atomic E-state index is 12.9. The van der Waals surface area contributed by atoms with Crippen molar-refractivity contribution in [1.82, 2.24) is 4.90 Å². The van der Waals surface area contributed by atoms with Crippen LogP contribution >= 0.6 is 0 Å². The third-order valence-electron chi connectivity index (χ3n) is 4.43. The molecule has 22 heavy (non-hydrogen) atoms. The minimum absolute atomic E-state index is 0.0806. The zero-order valence-corrected chi connectivity index (χ0v) is 13.7. The summed E-state index contributed by atoms with van der Waals surface area (Å²) < 4.78 is 28.8. The summed E-state index contributed by atoms with van der Waals surface area (Å²) in [6.07, 6.45) is 2.48. The van der Waals surface area contributed by atoms with Crippen molar-refractivity contribution in [2.75, 3.05) is 18.6 Å². The van der Waals surface area contributed by atoms with E-state index in [1.165, 1.54) is 0 Å². The van der Waals surface area contributed by atoms with Gasteiger partial charge in [0.05, 0.1) is 18.6 Å². The number of benzene rings is 1. The standard InChI is InChI=1S/C16H21NO4S/c1-11-3-4-12(9-15(11)21-2)16(18)17(13-5-6-13)14-7-8-22(19,20)10-14/h3-4,9,13-14H,5-8,10H2,1-2H3. The number of ether oxygens (including phenoxy) is 1. The van der Waals surface area contributed by atoms with Crippen molar-refractivity contribution in [3.8, 4) is 5.75 Å². The highest BCUT2D eigenvalue weighted by molar-refractivity contribution is 7.91. The molecule has 6 heteroatoms. The number of sulfone groups is 1. The van der Waals surface area contributed by atoms with E-state index in [9.17, 15) is 13.2 Å². The predicted octanol–water partition coefficient (Wildman–Crippen LogP) is 1.80. The number of hydrogen-bond acceptors (Lipinski definition) is 4. The monoisotopic (exact) mass is 323 g/mol. The zero-order valence-electron chi connectivity index (χ0n) is 12.9. The van der Waals surface area contributed by atoms with Gasteiger partial charge in [-0.15, -0.1) is 0 Å². The summed E-state index contributed by atoms with van der Waals surface area (Å²) in [4.78, 5) is 14.7. The topological polar surface area (TPSA) is 63.7 Å². The average molecular weight is 323 g/mol. The van der Waals surface area contributed by atoms with Crippen LogP contribution < -0.4 is 4.74 Å². The van der Waals surface area contributed by atoms with Crippen LogP contribution in [0.15, 0.2) is 18.2 Å². The van der Waals surface area contributed by atoms with E-state index in [4.69, 9.17) is 4.74 Å². The first-order chi connectivity index (χ1) is 10.4. The molecule has 0 bridgehead atoms. The molecule has 2 fully saturated rings. The lowest BCUT2D eigenvalue weighted by molar-refractivity contribution is 0.0680. The molecule has 120 valence electrons. The Balaban J connectivity index is 1.87. The number of hydrogen-bond donors (Lipinski definition) is 0. The molecule has 5 nitrogen and oxygen atoms in total. The smallest absolute Gasteiger partial charge is 0.254 e. The summed E-state index contributed by atoms with van der Waals surface area (Å²) in [5.41, 5.74) is 1.54. The fourth-order valence-corrected chi connectivity index (χ4v) is 4.79. The molecule has 0 N–H and O–H groups in total. The van der Waals surface area contributed by atoms with Gasteiger partial charge in [-0.2, -0.15) is 0 Å². The Morgan fingerprint density at radius 2 is 1.95 bits per heavy atom. The van der Waals surface area contributed by atoms with Crippen molar-refractivity contribution in [1.29, 1.82) is 0 Å². The Morgan fingerprint density at radius 3 is 2.50 bits per heavy atom. The van der Waals surface area contributed by atoms with Gasteiger partial charge in [0.1, 0.15) is 5.75 Å². The number of carbonyl (C=O) groups is 1. The molecule has 1 amide bonds. The third kappa shape index (κ3) is 2.97. The molecule has 1 saturated heterocycles. The van der Waals surface area contributed by atoms with Gasteiger partial charge in [-0.3, -0.25) is 4.79 Å². The van der Waals surface area contributed by atoms with Crippen LogP contribution in [0.5, 0.6) is 5.75 Å². The van der Waals surface area contributed by atoms with Gasteiger partial charge in [-0.05, 0) is 43.9 Å². The van der Waals surface area contributed by atoms with Crippen LogP contribution in [0.1, 0.15) is 35.2 Å². The van der Waals surface area contributed by atoms with Crippen LogP contribution in [0.4, 0.5) is 0 Å². The summed E-state index contributed by atoms with van der Waals surface area (Å²) in [5, 5.41) is 0. The van der Waals surface area contributed by atoms with E-state index in [-0.39, 0.29) is 29.5 Å². The molecule has 1 aromatic carbocycles. The van der Waals surface area contributed by atoms with Crippen LogP contribution in [-0.2, 0) is 9.84 Å². The lowest BCUT2D eigenvalue weighted by Gasteiger charge is -2.28.